The van der Waals surface area contributed by atoms with Gasteiger partial charge < -0.3 is 19.5 Å². The van der Waals surface area contributed by atoms with E-state index in [0.717, 1.165) is 28.1 Å². The van der Waals surface area contributed by atoms with Gasteiger partial charge in [0.1, 0.15) is 11.5 Å². The van der Waals surface area contributed by atoms with Crippen LogP contribution in [0.3, 0.4) is 0 Å². The van der Waals surface area contributed by atoms with Gasteiger partial charge in [0, 0.05) is 23.6 Å². The lowest BCUT2D eigenvalue weighted by Gasteiger charge is -2.16. The van der Waals surface area contributed by atoms with Gasteiger partial charge >= 0.3 is 12.2 Å². The predicted octanol–water partition coefficient (Wildman–Crippen LogP) is 2.39. The number of rotatable bonds is 4. The summed E-state index contributed by atoms with van der Waals surface area (Å²) in [5.74, 6) is 0.492. The number of hydrogen-bond acceptors (Lipinski definition) is 7. The van der Waals surface area contributed by atoms with Gasteiger partial charge in [0.25, 0.3) is 0 Å². The van der Waals surface area contributed by atoms with Gasteiger partial charge in [-0.15, -0.1) is 0 Å². The summed E-state index contributed by atoms with van der Waals surface area (Å²) in [6, 6.07) is 12.2. The molecule has 1 aromatic carbocycles. The molecule has 2 aromatic rings. The molecule has 0 spiro atoms. The number of ether oxygens (including phenoxy) is 3. The van der Waals surface area contributed by atoms with Gasteiger partial charge in [-0.05, 0) is 35.7 Å². The van der Waals surface area contributed by atoms with Crippen LogP contribution < -0.4 is 10.2 Å². The minimum absolute atomic E-state index is 0.174. The Labute approximate surface area is 190 Å². The van der Waals surface area contributed by atoms with E-state index in [4.69, 9.17) is 9.47 Å². The summed E-state index contributed by atoms with van der Waals surface area (Å²) in [5.41, 5.74) is 4.13. The van der Waals surface area contributed by atoms with Crippen LogP contribution in [0.25, 0.3) is 11.1 Å². The molecule has 1 aliphatic carbocycles. The van der Waals surface area contributed by atoms with E-state index in [1.807, 2.05) is 30.5 Å². The number of anilines is 1. The van der Waals surface area contributed by atoms with Gasteiger partial charge in [-0.1, -0.05) is 12.1 Å². The number of amides is 2. The van der Waals surface area contributed by atoms with Crippen molar-refractivity contribution in [2.24, 2.45) is 11.8 Å². The van der Waals surface area contributed by atoms with Gasteiger partial charge in [0.15, 0.2) is 0 Å². The molecule has 1 aromatic heterocycles. The van der Waals surface area contributed by atoms with Crippen LogP contribution in [0.1, 0.15) is 11.3 Å². The van der Waals surface area contributed by atoms with Gasteiger partial charge in [0.2, 0.25) is 0 Å². The molecular weight excluding hydrogens is 424 g/mol. The number of nitrogens with one attached hydrogen (secondary N) is 1. The van der Waals surface area contributed by atoms with Crippen molar-refractivity contribution in [2.75, 3.05) is 31.8 Å². The first-order valence-corrected chi connectivity index (χ1v) is 11.0. The number of nitrogens with zero attached hydrogens (tertiary/aromatic N) is 3. The fraction of sp³-hybridized carbons (Fsp3) is 0.417. The second-order valence-electron chi connectivity index (χ2n) is 8.94. The van der Waals surface area contributed by atoms with E-state index in [2.05, 4.69) is 27.2 Å². The van der Waals surface area contributed by atoms with E-state index in [-0.39, 0.29) is 24.4 Å². The van der Waals surface area contributed by atoms with E-state index in [1.165, 1.54) is 7.11 Å². The van der Waals surface area contributed by atoms with Crippen LogP contribution in [0.2, 0.25) is 0 Å². The van der Waals surface area contributed by atoms with Crippen molar-refractivity contribution in [2.45, 2.75) is 24.0 Å². The number of hydrogen-bond donors (Lipinski definition) is 1. The third-order valence-corrected chi connectivity index (χ3v) is 7.46. The zero-order valence-electron chi connectivity index (χ0n) is 18.0. The number of cyclic esters (lactones) is 1. The minimum atomic E-state index is -0.557. The number of aromatic nitrogens is 1. The van der Waals surface area contributed by atoms with Crippen LogP contribution in [-0.4, -0.2) is 56.2 Å². The summed E-state index contributed by atoms with van der Waals surface area (Å²) >= 11 is 0. The van der Waals surface area contributed by atoms with Crippen molar-refractivity contribution in [3.8, 4) is 17.2 Å². The topological polar surface area (TPSA) is 114 Å². The number of fused-ring (bicyclic) bond motifs is 4. The van der Waals surface area contributed by atoms with Crippen molar-refractivity contribution in [1.82, 2.24) is 10.3 Å². The van der Waals surface area contributed by atoms with Crippen LogP contribution in [0.15, 0.2) is 36.5 Å². The molecule has 2 amide bonds. The molecule has 3 aliphatic heterocycles. The molecule has 4 aliphatic rings. The molecule has 2 saturated heterocycles. The van der Waals surface area contributed by atoms with Gasteiger partial charge in [-0.25, -0.2) is 9.59 Å². The third kappa shape index (κ3) is 2.84. The van der Waals surface area contributed by atoms with Gasteiger partial charge in [0.05, 0.1) is 50.4 Å². The van der Waals surface area contributed by atoms with E-state index in [0.29, 0.717) is 19.6 Å². The van der Waals surface area contributed by atoms with Crippen LogP contribution in [0.5, 0.6) is 0 Å². The molecule has 6 rings (SSSR count). The number of benzene rings is 1. The number of pyridine rings is 1. The molecule has 9 heteroatoms. The Morgan fingerprint density at radius 1 is 1.30 bits per heavy atom. The summed E-state index contributed by atoms with van der Waals surface area (Å²) in [4.78, 5) is 30.2. The standard InChI is InChI=1S/C24H22N4O5/c1-31-22(29)27-9-20-19-7-15-6-13(2-4-18(15)28(19)23(30)33-20)14-3-5-21(26-8-14)24(12-25)16-10-32-11-17(16)24/h2-6,8,16-17,19-20H,7,9-11H2,1H3,(H,27,29)/t16?,17?,19-,20-,24?/m0/s1. The lowest BCUT2D eigenvalue weighted by molar-refractivity contribution is 0.123. The molecule has 33 heavy (non-hydrogen) atoms. The quantitative estimate of drug-likeness (QED) is 0.767. The average molecular weight is 446 g/mol. The van der Waals surface area contributed by atoms with E-state index in [9.17, 15) is 14.9 Å². The maximum atomic E-state index is 12.5. The molecular formula is C24H22N4O5. The zero-order chi connectivity index (χ0) is 22.7. The Kier molecular flexibility index (Phi) is 4.35. The molecule has 3 fully saturated rings. The number of carbonyl (C=O) groups excluding carboxylic acids is 2. The first-order valence-electron chi connectivity index (χ1n) is 11.0. The summed E-state index contributed by atoms with van der Waals surface area (Å²) in [6.07, 6.45) is 1.04. The van der Waals surface area contributed by atoms with Gasteiger partial charge in [-0.2, -0.15) is 5.26 Å². The zero-order valence-corrected chi connectivity index (χ0v) is 18.0. The number of alkyl carbamates (subject to hydrolysis) is 1. The summed E-state index contributed by atoms with van der Waals surface area (Å²) < 4.78 is 15.5. The molecule has 4 heterocycles. The Morgan fingerprint density at radius 2 is 2.09 bits per heavy atom. The number of methoxy groups -OCH3 is 1. The smallest absolute Gasteiger partial charge is 0.415 e. The molecule has 9 nitrogen and oxygen atoms in total. The fourth-order valence-electron chi connectivity index (χ4n) is 5.66. The first-order chi connectivity index (χ1) is 16.1. The van der Waals surface area contributed by atoms with E-state index >= 15 is 0 Å². The molecule has 1 saturated carbocycles. The predicted molar refractivity (Wildman–Crippen MR) is 115 cm³/mol. The van der Waals surface area contributed by atoms with E-state index in [1.54, 1.807) is 4.90 Å². The molecule has 168 valence electrons. The van der Waals surface area contributed by atoms with Crippen molar-refractivity contribution in [3.63, 3.8) is 0 Å². The van der Waals surface area contributed by atoms with Gasteiger partial charge in [-0.3, -0.25) is 9.88 Å². The summed E-state index contributed by atoms with van der Waals surface area (Å²) in [5, 5.41) is 12.4. The third-order valence-electron chi connectivity index (χ3n) is 7.46. The molecule has 1 N–H and O–H groups in total. The Balaban J connectivity index is 1.22. The van der Waals surface area contributed by atoms with Crippen LogP contribution >= 0.6 is 0 Å². The van der Waals surface area contributed by atoms with Crippen molar-refractivity contribution < 1.29 is 23.8 Å². The summed E-state index contributed by atoms with van der Waals surface area (Å²) in [6.45, 7) is 1.45. The summed E-state index contributed by atoms with van der Waals surface area (Å²) in [7, 11) is 1.29. The number of carbonyl (C=O) groups is 2. The average Bonchev–Trinajstić information content (AvgIpc) is 3.24. The molecule has 4 atom stereocenters. The lowest BCUT2D eigenvalue weighted by atomic mass is 9.96. The van der Waals surface area contributed by atoms with Crippen LogP contribution in [0.4, 0.5) is 15.3 Å². The minimum Gasteiger partial charge on any atom is -0.453 e. The van der Waals surface area contributed by atoms with Crippen LogP contribution in [-0.2, 0) is 26.0 Å². The van der Waals surface area contributed by atoms with Crippen molar-refractivity contribution >= 4 is 17.9 Å². The second-order valence-corrected chi connectivity index (χ2v) is 8.94. The highest BCUT2D eigenvalue weighted by Crippen LogP contribution is 2.62. The van der Waals surface area contributed by atoms with Crippen molar-refractivity contribution in [1.29, 1.82) is 5.26 Å². The van der Waals surface area contributed by atoms with E-state index < -0.39 is 23.7 Å². The monoisotopic (exact) mass is 446 g/mol. The highest BCUT2D eigenvalue weighted by molar-refractivity contribution is 5.94. The lowest BCUT2D eigenvalue weighted by Crippen LogP contribution is -2.40. The molecule has 0 bridgehead atoms. The Hall–Kier alpha value is -3.64. The van der Waals surface area contributed by atoms with Crippen molar-refractivity contribution in [3.05, 3.63) is 47.8 Å². The molecule has 0 radical (unpaired) electrons. The first kappa shape index (κ1) is 20.0. The largest absolute Gasteiger partial charge is 0.453 e. The maximum absolute atomic E-state index is 12.5. The Bertz CT molecular complexity index is 1180. The second kappa shape index (κ2) is 7.18. The SMILES string of the molecule is COC(=O)NC[C@@H]1OC(=O)N2c3ccc(-c4ccc(C5(C#N)C6COCC65)nc4)cc3C[C@@H]12. The molecule has 2 unspecified atom stereocenters. The number of nitriles is 1. The Morgan fingerprint density at radius 3 is 2.79 bits per heavy atom. The fourth-order valence-corrected chi connectivity index (χ4v) is 5.66. The maximum Gasteiger partial charge on any atom is 0.415 e. The highest BCUT2D eigenvalue weighted by Gasteiger charge is 2.70. The van der Waals surface area contributed by atoms with Crippen LogP contribution in [0, 0.1) is 23.2 Å². The highest BCUT2D eigenvalue weighted by atomic mass is 16.6. The normalized spacial score (nSPS) is 30.7.